The summed E-state index contributed by atoms with van der Waals surface area (Å²) in [6, 6.07) is 7.11. The molecule has 0 aliphatic carbocycles. The molecule has 5 nitrogen and oxygen atoms in total. The van der Waals surface area contributed by atoms with Crippen LogP contribution in [0.1, 0.15) is 40.9 Å². The smallest absolute Gasteiger partial charge is 0.321 e. The van der Waals surface area contributed by atoms with E-state index in [2.05, 4.69) is 15.4 Å². The van der Waals surface area contributed by atoms with Crippen LogP contribution in [-0.2, 0) is 18.5 Å². The van der Waals surface area contributed by atoms with E-state index in [4.69, 9.17) is 0 Å². The van der Waals surface area contributed by atoms with Gasteiger partial charge in [-0.25, -0.2) is 14.1 Å². The van der Waals surface area contributed by atoms with Crippen LogP contribution in [0.2, 0.25) is 0 Å². The first-order chi connectivity index (χ1) is 15.8. The Bertz CT molecular complexity index is 1110. The van der Waals surface area contributed by atoms with Crippen molar-refractivity contribution >= 4 is 11.6 Å². The Hall–Kier alpha value is -3.44. The van der Waals surface area contributed by atoms with E-state index in [1.165, 1.54) is 43.3 Å². The van der Waals surface area contributed by atoms with Crippen molar-refractivity contribution in [3.63, 3.8) is 0 Å². The predicted molar refractivity (Wildman–Crippen MR) is 109 cm³/mol. The Morgan fingerprint density at radius 3 is 1.85 bits per heavy atom. The van der Waals surface area contributed by atoms with Crippen LogP contribution in [0.4, 0.5) is 36.4 Å². The minimum Gasteiger partial charge on any atom is -0.321 e. The maximum atomic E-state index is 14.6. The van der Waals surface area contributed by atoms with Gasteiger partial charge in [0.1, 0.15) is 12.7 Å². The number of amides is 1. The lowest BCUT2D eigenvalue weighted by Crippen LogP contribution is -2.50. The van der Waals surface area contributed by atoms with E-state index in [-0.39, 0.29) is 35.2 Å². The molecule has 0 unspecified atom stereocenters. The zero-order chi connectivity index (χ0) is 25.3. The maximum absolute atomic E-state index is 14.6. The van der Waals surface area contributed by atoms with E-state index in [0.717, 1.165) is 0 Å². The van der Waals surface area contributed by atoms with Crippen molar-refractivity contribution in [2.75, 3.05) is 5.32 Å². The number of alkyl halides is 7. The Morgan fingerprint density at radius 2 is 1.44 bits per heavy atom. The summed E-state index contributed by atoms with van der Waals surface area (Å²) in [6.07, 6.45) is -9.77. The molecule has 0 aliphatic heterocycles. The molecule has 0 saturated carbocycles. The summed E-state index contributed by atoms with van der Waals surface area (Å²) in [5.41, 5.74) is -6.40. The molecule has 0 saturated heterocycles. The molecule has 0 aliphatic rings. The summed E-state index contributed by atoms with van der Waals surface area (Å²) in [5.74, 6) is -0.638. The summed E-state index contributed by atoms with van der Waals surface area (Å²) in [5, 5.41) is 6.50. The molecule has 1 N–H and O–H groups in total. The normalized spacial score (nSPS) is 12.6. The molecule has 3 aromatic rings. The summed E-state index contributed by atoms with van der Waals surface area (Å²) in [4.78, 5) is 16.6. The van der Waals surface area contributed by atoms with Crippen LogP contribution in [0, 0.1) is 0 Å². The highest BCUT2D eigenvalue weighted by Crippen LogP contribution is 2.54. The van der Waals surface area contributed by atoms with Gasteiger partial charge in [-0.3, -0.25) is 4.79 Å². The van der Waals surface area contributed by atoms with E-state index in [0.29, 0.717) is 17.8 Å². The van der Waals surface area contributed by atoms with Gasteiger partial charge < -0.3 is 5.32 Å². The molecule has 0 fully saturated rings. The number of nitrogens with zero attached hydrogens (tertiary/aromatic N) is 3. The highest BCUT2D eigenvalue weighted by atomic mass is 19.4. The Labute approximate surface area is 189 Å². The molecule has 0 atom stereocenters. The maximum Gasteiger partial charge on any atom is 0.435 e. The highest BCUT2D eigenvalue weighted by Gasteiger charge is 2.73. The molecule has 1 amide bonds. The number of hydrogen-bond donors (Lipinski definition) is 1. The highest BCUT2D eigenvalue weighted by molar-refractivity contribution is 6.05. The van der Waals surface area contributed by atoms with Gasteiger partial charge in [-0.05, 0) is 60.4 Å². The fraction of sp³-hybridized carbons (Fsp3) is 0.318. The first kappa shape index (κ1) is 25.2. The molecule has 0 spiro atoms. The van der Waals surface area contributed by atoms with Crippen molar-refractivity contribution in [2.45, 2.75) is 44.7 Å². The standard InChI is InChI=1S/C22H19F7N4O/c1-3-13-9-16(20(23,21(24,25)26)22(27,28)29)10-14(4-2)18(13)32-19(34)15-5-7-17(8-6-15)33-12-30-11-31-33/h5-12H,3-4H2,1-2H3,(H,32,34). The summed E-state index contributed by atoms with van der Waals surface area (Å²) in [6.45, 7) is 2.95. The van der Waals surface area contributed by atoms with Crippen LogP contribution < -0.4 is 5.32 Å². The van der Waals surface area contributed by atoms with E-state index < -0.39 is 29.5 Å². The van der Waals surface area contributed by atoms with Crippen LogP contribution >= 0.6 is 0 Å². The van der Waals surface area contributed by atoms with Gasteiger partial charge in [-0.2, -0.15) is 31.4 Å². The van der Waals surface area contributed by atoms with E-state index in [1.807, 2.05) is 0 Å². The molecule has 12 heteroatoms. The number of nitrogens with one attached hydrogen (secondary N) is 1. The molecule has 1 heterocycles. The third kappa shape index (κ3) is 4.48. The predicted octanol–water partition coefficient (Wildman–Crippen LogP) is 5.93. The monoisotopic (exact) mass is 488 g/mol. The van der Waals surface area contributed by atoms with Gasteiger partial charge in [0.2, 0.25) is 0 Å². The van der Waals surface area contributed by atoms with E-state index in [9.17, 15) is 35.5 Å². The summed E-state index contributed by atoms with van der Waals surface area (Å²) < 4.78 is 95.6. The fourth-order valence-corrected chi connectivity index (χ4v) is 3.47. The number of aryl methyl sites for hydroxylation is 2. The molecule has 0 bridgehead atoms. The second kappa shape index (κ2) is 9.07. The molecule has 34 heavy (non-hydrogen) atoms. The zero-order valence-electron chi connectivity index (χ0n) is 17.9. The summed E-state index contributed by atoms with van der Waals surface area (Å²) in [7, 11) is 0. The minimum atomic E-state index is -6.22. The van der Waals surface area contributed by atoms with Crippen molar-refractivity contribution in [2.24, 2.45) is 0 Å². The molecule has 1 aromatic heterocycles. The van der Waals surface area contributed by atoms with Gasteiger partial charge in [0.15, 0.2) is 0 Å². The molecule has 0 radical (unpaired) electrons. The van der Waals surface area contributed by atoms with Crippen molar-refractivity contribution in [1.29, 1.82) is 0 Å². The third-order valence-electron chi connectivity index (χ3n) is 5.29. The average Bonchev–Trinajstić information content (AvgIpc) is 3.32. The summed E-state index contributed by atoms with van der Waals surface area (Å²) >= 11 is 0. The number of anilines is 1. The lowest BCUT2D eigenvalue weighted by Gasteiger charge is -2.31. The second-order valence-electron chi connectivity index (χ2n) is 7.37. The van der Waals surface area contributed by atoms with Crippen molar-refractivity contribution in [3.8, 4) is 5.69 Å². The molecule has 182 valence electrons. The average molecular weight is 488 g/mol. The first-order valence-electron chi connectivity index (χ1n) is 10.1. The number of aromatic nitrogens is 3. The van der Waals surface area contributed by atoms with Crippen LogP contribution in [-0.4, -0.2) is 33.0 Å². The number of carbonyl (C=O) groups excluding carboxylic acids is 1. The lowest BCUT2D eigenvalue weighted by atomic mass is 9.88. The van der Waals surface area contributed by atoms with Crippen LogP contribution in [0.5, 0.6) is 0 Å². The van der Waals surface area contributed by atoms with Crippen LogP contribution in [0.3, 0.4) is 0 Å². The first-order valence-corrected chi connectivity index (χ1v) is 10.1. The molecular weight excluding hydrogens is 469 g/mol. The second-order valence-corrected chi connectivity index (χ2v) is 7.37. The van der Waals surface area contributed by atoms with Gasteiger partial charge in [0.05, 0.1) is 5.69 Å². The van der Waals surface area contributed by atoms with Crippen molar-refractivity contribution < 1.29 is 35.5 Å². The third-order valence-corrected chi connectivity index (χ3v) is 5.29. The Kier molecular flexibility index (Phi) is 6.72. The molecule has 3 rings (SSSR count). The van der Waals surface area contributed by atoms with Crippen LogP contribution in [0.15, 0.2) is 49.1 Å². The van der Waals surface area contributed by atoms with Gasteiger partial charge in [0, 0.05) is 16.8 Å². The van der Waals surface area contributed by atoms with E-state index >= 15 is 0 Å². The van der Waals surface area contributed by atoms with Crippen molar-refractivity contribution in [1.82, 2.24) is 14.8 Å². The topological polar surface area (TPSA) is 59.8 Å². The number of hydrogen-bond acceptors (Lipinski definition) is 3. The van der Waals surface area contributed by atoms with E-state index in [1.54, 1.807) is 12.1 Å². The van der Waals surface area contributed by atoms with Gasteiger partial charge in [-0.15, -0.1) is 0 Å². The molecule has 2 aromatic carbocycles. The number of rotatable bonds is 6. The van der Waals surface area contributed by atoms with Crippen molar-refractivity contribution in [3.05, 3.63) is 71.3 Å². The lowest BCUT2D eigenvalue weighted by molar-refractivity contribution is -0.348. The SMILES string of the molecule is CCc1cc(C(F)(C(F)(F)F)C(F)(F)F)cc(CC)c1NC(=O)c1ccc(-n2cncn2)cc1. The number of carbonyl (C=O) groups is 1. The number of halogens is 7. The molecular formula is C22H19F7N4O. The van der Waals surface area contributed by atoms with Gasteiger partial charge >= 0.3 is 18.0 Å². The Morgan fingerprint density at radius 1 is 0.912 bits per heavy atom. The fourth-order valence-electron chi connectivity index (χ4n) is 3.47. The van der Waals surface area contributed by atoms with Gasteiger partial charge in [-0.1, -0.05) is 13.8 Å². The largest absolute Gasteiger partial charge is 0.435 e. The number of benzene rings is 2. The minimum absolute atomic E-state index is 0.0470. The van der Waals surface area contributed by atoms with Crippen LogP contribution in [0.25, 0.3) is 5.69 Å². The quantitative estimate of drug-likeness (QED) is 0.438. The Balaban J connectivity index is 2.00. The zero-order valence-corrected chi connectivity index (χ0v) is 17.9. The van der Waals surface area contributed by atoms with Gasteiger partial charge in [0.25, 0.3) is 5.91 Å².